The van der Waals surface area contributed by atoms with Crippen LogP contribution < -0.4 is 15.6 Å². The maximum Gasteiger partial charge on any atom is 0.288 e. The number of rotatable bonds is 3. The van der Waals surface area contributed by atoms with Crippen molar-refractivity contribution in [1.29, 1.82) is 0 Å². The van der Waals surface area contributed by atoms with E-state index in [9.17, 15) is 9.90 Å². The van der Waals surface area contributed by atoms with E-state index in [1.807, 2.05) is 30.3 Å². The van der Waals surface area contributed by atoms with Gasteiger partial charge in [0.25, 0.3) is 5.56 Å². The third kappa shape index (κ3) is 2.69. The van der Waals surface area contributed by atoms with Crippen LogP contribution in [0.4, 0.5) is 11.6 Å². The molecule has 5 rings (SSSR count). The summed E-state index contributed by atoms with van der Waals surface area (Å²) < 4.78 is 6.89. The second-order valence-corrected chi connectivity index (χ2v) is 6.49. The Labute approximate surface area is 163 Å². The number of hydrogen-bond donors (Lipinski definition) is 3. The Balaban J connectivity index is 1.82. The minimum Gasteiger partial charge on any atom is -0.508 e. The number of methoxy groups -OCH3 is 1. The molecule has 0 unspecified atom stereocenters. The maximum atomic E-state index is 12.6. The van der Waals surface area contributed by atoms with Crippen molar-refractivity contribution in [2.75, 3.05) is 12.4 Å². The van der Waals surface area contributed by atoms with Crippen molar-refractivity contribution in [3.8, 4) is 22.8 Å². The number of tetrazole rings is 1. The molecule has 0 fully saturated rings. The van der Waals surface area contributed by atoms with Crippen LogP contribution in [0.5, 0.6) is 11.5 Å². The van der Waals surface area contributed by atoms with E-state index in [1.165, 1.54) is 0 Å². The molecule has 2 aromatic heterocycles. The Morgan fingerprint density at radius 1 is 1.17 bits per heavy atom. The van der Waals surface area contributed by atoms with Crippen LogP contribution in [0, 0.1) is 0 Å². The molecule has 2 aromatic carbocycles. The second-order valence-electron chi connectivity index (χ2n) is 6.49. The molecule has 3 N–H and O–H groups in total. The van der Waals surface area contributed by atoms with E-state index >= 15 is 0 Å². The van der Waals surface area contributed by atoms with Gasteiger partial charge < -0.3 is 15.2 Å². The number of benzene rings is 2. The number of ether oxygens (including phenoxy) is 1. The van der Waals surface area contributed by atoms with E-state index in [0.717, 1.165) is 5.56 Å². The van der Waals surface area contributed by atoms with E-state index in [-0.39, 0.29) is 5.75 Å². The van der Waals surface area contributed by atoms with Crippen LogP contribution >= 0.6 is 0 Å². The average molecular weight is 389 g/mol. The number of aromatic nitrogens is 6. The van der Waals surface area contributed by atoms with Gasteiger partial charge in [0.1, 0.15) is 23.2 Å². The summed E-state index contributed by atoms with van der Waals surface area (Å²) in [5.74, 6) is 1.07. The summed E-state index contributed by atoms with van der Waals surface area (Å²) >= 11 is 0. The predicted octanol–water partition coefficient (Wildman–Crippen LogP) is 1.83. The van der Waals surface area contributed by atoms with E-state index in [2.05, 4.69) is 31.0 Å². The largest absolute Gasteiger partial charge is 0.508 e. The molecule has 10 heteroatoms. The molecule has 1 aliphatic rings. The zero-order valence-electron chi connectivity index (χ0n) is 15.2. The molecule has 144 valence electrons. The van der Waals surface area contributed by atoms with Crippen molar-refractivity contribution in [3.05, 3.63) is 70.0 Å². The molecule has 0 bridgehead atoms. The van der Waals surface area contributed by atoms with Crippen LogP contribution in [0.1, 0.15) is 17.2 Å². The van der Waals surface area contributed by atoms with Crippen LogP contribution in [0.3, 0.4) is 0 Å². The number of H-pyrrole nitrogens is 1. The van der Waals surface area contributed by atoms with E-state index in [0.29, 0.717) is 34.2 Å². The highest BCUT2D eigenvalue weighted by Gasteiger charge is 2.34. The lowest BCUT2D eigenvalue weighted by molar-refractivity contribution is 0.415. The number of anilines is 2. The maximum absolute atomic E-state index is 12.6. The number of phenols is 1. The quantitative estimate of drug-likeness (QED) is 0.426. The van der Waals surface area contributed by atoms with Crippen molar-refractivity contribution < 1.29 is 9.84 Å². The molecular weight excluding hydrogens is 374 g/mol. The summed E-state index contributed by atoms with van der Waals surface area (Å²) in [4.78, 5) is 12.6. The highest BCUT2D eigenvalue weighted by atomic mass is 16.5. The fourth-order valence-electron chi connectivity index (χ4n) is 3.53. The minimum absolute atomic E-state index is 0.0953. The minimum atomic E-state index is -0.570. The number of nitrogens with one attached hydrogen (secondary N) is 2. The lowest BCUT2D eigenvalue weighted by Crippen LogP contribution is -2.29. The van der Waals surface area contributed by atoms with E-state index in [1.54, 1.807) is 30.0 Å². The van der Waals surface area contributed by atoms with Gasteiger partial charge in [0.15, 0.2) is 0 Å². The number of hydrogen-bond acceptors (Lipinski definition) is 8. The van der Waals surface area contributed by atoms with E-state index in [4.69, 9.17) is 4.74 Å². The Kier molecular flexibility index (Phi) is 3.76. The van der Waals surface area contributed by atoms with Crippen molar-refractivity contribution >= 4 is 11.6 Å². The molecule has 0 aliphatic carbocycles. The summed E-state index contributed by atoms with van der Waals surface area (Å²) in [7, 11) is 1.58. The molecule has 3 heterocycles. The van der Waals surface area contributed by atoms with Gasteiger partial charge in [-0.15, -0.1) is 0 Å². The highest BCUT2D eigenvalue weighted by molar-refractivity contribution is 5.76. The van der Waals surface area contributed by atoms with Gasteiger partial charge in [-0.3, -0.25) is 4.79 Å². The summed E-state index contributed by atoms with van der Waals surface area (Å²) in [6, 6.07) is 13.5. The Morgan fingerprint density at radius 3 is 2.86 bits per heavy atom. The van der Waals surface area contributed by atoms with Crippen molar-refractivity contribution in [2.24, 2.45) is 0 Å². The number of fused-ring (bicyclic) bond motifs is 2. The third-order valence-corrected chi connectivity index (χ3v) is 4.80. The van der Waals surface area contributed by atoms with Crippen molar-refractivity contribution in [1.82, 2.24) is 30.4 Å². The molecular formula is C19H15N7O3. The first-order valence-electron chi connectivity index (χ1n) is 8.76. The van der Waals surface area contributed by atoms with Gasteiger partial charge >= 0.3 is 0 Å². The SMILES string of the molecule is COc1cccc(-c2n[nH]c(=O)c3c2[C@H](c2cccc(O)c2)n2nnnc2N3)c1. The van der Waals surface area contributed by atoms with Gasteiger partial charge in [-0.25, -0.2) is 5.10 Å². The Morgan fingerprint density at radius 2 is 2.03 bits per heavy atom. The summed E-state index contributed by atoms with van der Waals surface area (Å²) in [5.41, 5.74) is 2.49. The second kappa shape index (κ2) is 6.44. The topological polar surface area (TPSA) is 131 Å². The van der Waals surface area contributed by atoms with Crippen molar-refractivity contribution in [2.45, 2.75) is 6.04 Å². The molecule has 1 aliphatic heterocycles. The first-order valence-corrected chi connectivity index (χ1v) is 8.76. The van der Waals surface area contributed by atoms with E-state index < -0.39 is 11.6 Å². The standard InChI is InChI=1S/C19H15N7O3/c1-29-13-7-3-4-10(9-13)15-14-16(18(28)22-21-15)20-19-23-24-25-26(19)17(14)11-5-2-6-12(27)8-11/h2-9,17,27H,1H3,(H,22,28)(H,20,23,25)/t17-/m0/s1. The molecule has 0 amide bonds. The molecule has 29 heavy (non-hydrogen) atoms. The third-order valence-electron chi connectivity index (χ3n) is 4.80. The lowest BCUT2D eigenvalue weighted by Gasteiger charge is -2.27. The smallest absolute Gasteiger partial charge is 0.288 e. The Hall–Kier alpha value is -4.21. The van der Waals surface area contributed by atoms with Gasteiger partial charge in [0.05, 0.1) is 12.8 Å². The fourth-order valence-corrected chi connectivity index (χ4v) is 3.53. The number of aromatic amines is 1. The van der Waals surface area contributed by atoms with Gasteiger partial charge in [0.2, 0.25) is 5.95 Å². The normalized spacial score (nSPS) is 14.6. The van der Waals surface area contributed by atoms with Crippen LogP contribution in [-0.4, -0.2) is 42.6 Å². The van der Waals surface area contributed by atoms with Gasteiger partial charge in [-0.05, 0) is 40.3 Å². The molecule has 0 radical (unpaired) electrons. The Bertz CT molecular complexity index is 1280. The van der Waals surface area contributed by atoms with Crippen LogP contribution in [-0.2, 0) is 0 Å². The van der Waals surface area contributed by atoms with Crippen LogP contribution in [0.25, 0.3) is 11.3 Å². The molecule has 10 nitrogen and oxygen atoms in total. The fraction of sp³-hybridized carbons (Fsp3) is 0.105. The molecule has 0 saturated carbocycles. The summed E-state index contributed by atoms with van der Waals surface area (Å²) in [5, 5.41) is 31.6. The lowest BCUT2D eigenvalue weighted by atomic mass is 9.92. The number of phenolic OH excluding ortho intramolecular Hbond substituents is 1. The van der Waals surface area contributed by atoms with Crippen molar-refractivity contribution in [3.63, 3.8) is 0 Å². The first-order chi connectivity index (χ1) is 14.2. The highest BCUT2D eigenvalue weighted by Crippen LogP contribution is 2.41. The van der Waals surface area contributed by atoms with Crippen LogP contribution in [0.2, 0.25) is 0 Å². The summed E-state index contributed by atoms with van der Waals surface area (Å²) in [6.07, 6.45) is 0. The van der Waals surface area contributed by atoms with Crippen LogP contribution in [0.15, 0.2) is 53.3 Å². The number of aromatic hydroxyl groups is 1. The molecule has 1 atom stereocenters. The molecule has 0 saturated heterocycles. The summed E-state index contributed by atoms with van der Waals surface area (Å²) in [6.45, 7) is 0. The van der Waals surface area contributed by atoms with Gasteiger partial charge in [-0.2, -0.15) is 9.78 Å². The average Bonchev–Trinajstić information content (AvgIpc) is 3.21. The molecule has 4 aromatic rings. The van der Waals surface area contributed by atoms with Gasteiger partial charge in [0, 0.05) is 11.1 Å². The molecule has 0 spiro atoms. The monoisotopic (exact) mass is 389 g/mol. The first kappa shape index (κ1) is 16.9. The zero-order chi connectivity index (χ0) is 20.0. The number of nitrogens with zero attached hydrogens (tertiary/aromatic N) is 5. The zero-order valence-corrected chi connectivity index (χ0v) is 15.2. The predicted molar refractivity (Wildman–Crippen MR) is 103 cm³/mol. The van der Waals surface area contributed by atoms with Gasteiger partial charge in [-0.1, -0.05) is 29.4 Å².